The van der Waals surface area contributed by atoms with Crippen molar-refractivity contribution in [1.29, 1.82) is 0 Å². The molecule has 0 N–H and O–H groups in total. The van der Waals surface area contributed by atoms with E-state index >= 15 is 0 Å². The molecule has 0 bridgehead atoms. The SMILES string of the molecule is Cc1nc(CC(=O)N2CCCC2)c(-c2ccccc2)s1. The number of carbonyl (C=O) groups is 1. The number of carbonyl (C=O) groups excluding carboxylic acids is 1. The lowest BCUT2D eigenvalue weighted by atomic mass is 10.1. The first-order valence-corrected chi connectivity index (χ1v) is 7.85. The summed E-state index contributed by atoms with van der Waals surface area (Å²) in [4.78, 5) is 20.0. The lowest BCUT2D eigenvalue weighted by molar-refractivity contribution is -0.129. The van der Waals surface area contributed by atoms with E-state index in [0.717, 1.165) is 47.1 Å². The highest BCUT2D eigenvalue weighted by Crippen LogP contribution is 2.30. The van der Waals surface area contributed by atoms with Gasteiger partial charge in [-0.05, 0) is 25.3 Å². The standard InChI is InChI=1S/C16H18N2OS/c1-12-17-14(11-15(19)18-9-5-6-10-18)16(20-12)13-7-3-2-4-8-13/h2-4,7-8H,5-6,9-11H2,1H3. The fourth-order valence-corrected chi connectivity index (χ4v) is 3.57. The van der Waals surface area contributed by atoms with Crippen molar-refractivity contribution in [3.05, 3.63) is 41.0 Å². The van der Waals surface area contributed by atoms with Crippen molar-refractivity contribution in [2.75, 3.05) is 13.1 Å². The number of aromatic nitrogens is 1. The van der Waals surface area contributed by atoms with Crippen molar-refractivity contribution in [2.24, 2.45) is 0 Å². The third-order valence-electron chi connectivity index (χ3n) is 3.62. The molecule has 1 aliphatic heterocycles. The maximum atomic E-state index is 12.3. The van der Waals surface area contributed by atoms with Gasteiger partial charge in [0.1, 0.15) is 0 Å². The maximum absolute atomic E-state index is 12.3. The van der Waals surface area contributed by atoms with Gasteiger partial charge in [-0.3, -0.25) is 4.79 Å². The second kappa shape index (κ2) is 5.75. The Balaban J connectivity index is 1.84. The summed E-state index contributed by atoms with van der Waals surface area (Å²) in [5, 5.41) is 1.02. The predicted molar refractivity (Wildman–Crippen MR) is 81.8 cm³/mol. The summed E-state index contributed by atoms with van der Waals surface area (Å²) in [6.07, 6.45) is 2.69. The van der Waals surface area contributed by atoms with E-state index in [0.29, 0.717) is 6.42 Å². The van der Waals surface area contributed by atoms with Crippen molar-refractivity contribution < 1.29 is 4.79 Å². The van der Waals surface area contributed by atoms with Gasteiger partial charge in [0.15, 0.2) is 0 Å². The Kier molecular flexibility index (Phi) is 3.83. The monoisotopic (exact) mass is 286 g/mol. The molecule has 3 rings (SSSR count). The van der Waals surface area contributed by atoms with Gasteiger partial charge in [0, 0.05) is 13.1 Å². The smallest absolute Gasteiger partial charge is 0.228 e. The van der Waals surface area contributed by atoms with Crippen LogP contribution in [0.5, 0.6) is 0 Å². The van der Waals surface area contributed by atoms with Crippen LogP contribution in [0.4, 0.5) is 0 Å². The van der Waals surface area contributed by atoms with Crippen LogP contribution >= 0.6 is 11.3 Å². The molecule has 1 saturated heterocycles. The molecule has 0 saturated carbocycles. The molecule has 1 aromatic heterocycles. The van der Waals surface area contributed by atoms with Gasteiger partial charge in [-0.1, -0.05) is 30.3 Å². The molecule has 0 atom stereocenters. The van der Waals surface area contributed by atoms with Crippen molar-refractivity contribution in [2.45, 2.75) is 26.2 Å². The van der Waals surface area contributed by atoms with E-state index in [4.69, 9.17) is 0 Å². The van der Waals surface area contributed by atoms with Gasteiger partial charge in [0.05, 0.1) is 22.0 Å². The first kappa shape index (κ1) is 13.3. The zero-order valence-electron chi connectivity index (χ0n) is 11.6. The first-order chi connectivity index (χ1) is 9.74. The average Bonchev–Trinajstić information content (AvgIpc) is 3.09. The molecule has 2 aromatic rings. The van der Waals surface area contributed by atoms with Crippen LogP contribution in [0.25, 0.3) is 10.4 Å². The molecule has 0 unspecified atom stereocenters. The highest BCUT2D eigenvalue weighted by atomic mass is 32.1. The molecule has 0 aliphatic carbocycles. The van der Waals surface area contributed by atoms with E-state index in [1.54, 1.807) is 11.3 Å². The second-order valence-corrected chi connectivity index (χ2v) is 6.34. The minimum absolute atomic E-state index is 0.213. The summed E-state index contributed by atoms with van der Waals surface area (Å²) in [5.74, 6) is 0.213. The minimum atomic E-state index is 0.213. The zero-order chi connectivity index (χ0) is 13.9. The van der Waals surface area contributed by atoms with Gasteiger partial charge in [-0.25, -0.2) is 4.98 Å². The van der Waals surface area contributed by atoms with Gasteiger partial charge in [0.25, 0.3) is 0 Å². The highest BCUT2D eigenvalue weighted by Gasteiger charge is 2.21. The largest absolute Gasteiger partial charge is 0.342 e. The van der Waals surface area contributed by atoms with Crippen LogP contribution in [0.15, 0.2) is 30.3 Å². The Hall–Kier alpha value is -1.68. The van der Waals surface area contributed by atoms with Crippen LogP contribution in [0.2, 0.25) is 0 Å². The Bertz CT molecular complexity index is 600. The summed E-state index contributed by atoms with van der Waals surface area (Å²) < 4.78 is 0. The predicted octanol–water partition coefficient (Wildman–Crippen LogP) is 3.28. The Labute approximate surface area is 123 Å². The van der Waals surface area contributed by atoms with Crippen LogP contribution in [-0.4, -0.2) is 28.9 Å². The summed E-state index contributed by atoms with van der Waals surface area (Å²) in [6.45, 7) is 3.81. The van der Waals surface area contributed by atoms with Crippen LogP contribution < -0.4 is 0 Å². The van der Waals surface area contributed by atoms with E-state index in [1.165, 1.54) is 0 Å². The number of amides is 1. The Morgan fingerprint density at radius 3 is 2.65 bits per heavy atom. The summed E-state index contributed by atoms with van der Waals surface area (Å²) in [7, 11) is 0. The number of rotatable bonds is 3. The molecular formula is C16H18N2OS. The van der Waals surface area contributed by atoms with Crippen LogP contribution in [0, 0.1) is 6.92 Å². The first-order valence-electron chi connectivity index (χ1n) is 7.03. The highest BCUT2D eigenvalue weighted by molar-refractivity contribution is 7.15. The minimum Gasteiger partial charge on any atom is -0.342 e. The number of likely N-dealkylation sites (tertiary alicyclic amines) is 1. The Morgan fingerprint density at radius 1 is 1.25 bits per heavy atom. The third-order valence-corrected chi connectivity index (χ3v) is 4.68. The number of hydrogen-bond donors (Lipinski definition) is 0. The fourth-order valence-electron chi connectivity index (χ4n) is 2.63. The molecule has 104 valence electrons. The lowest BCUT2D eigenvalue weighted by Gasteiger charge is -2.14. The molecule has 1 aromatic carbocycles. The topological polar surface area (TPSA) is 33.2 Å². The van der Waals surface area contributed by atoms with E-state index in [1.807, 2.05) is 30.0 Å². The number of thiazole rings is 1. The fraction of sp³-hybridized carbons (Fsp3) is 0.375. The number of benzene rings is 1. The number of aryl methyl sites for hydroxylation is 1. The van der Waals surface area contributed by atoms with Gasteiger partial charge < -0.3 is 4.90 Å². The Morgan fingerprint density at radius 2 is 1.95 bits per heavy atom. The maximum Gasteiger partial charge on any atom is 0.228 e. The quantitative estimate of drug-likeness (QED) is 0.867. The van der Waals surface area contributed by atoms with Crippen molar-refractivity contribution in [3.63, 3.8) is 0 Å². The van der Waals surface area contributed by atoms with Crippen LogP contribution in [0.3, 0.4) is 0 Å². The average molecular weight is 286 g/mol. The summed E-state index contributed by atoms with van der Waals surface area (Å²) in [5.41, 5.74) is 2.08. The van der Waals surface area contributed by atoms with Crippen LogP contribution in [0.1, 0.15) is 23.5 Å². The summed E-state index contributed by atoms with van der Waals surface area (Å²) >= 11 is 1.67. The molecule has 3 nitrogen and oxygen atoms in total. The molecule has 1 fully saturated rings. The van der Waals surface area contributed by atoms with Gasteiger partial charge in [-0.15, -0.1) is 11.3 Å². The molecule has 20 heavy (non-hydrogen) atoms. The number of nitrogens with zero attached hydrogens (tertiary/aromatic N) is 2. The number of hydrogen-bond acceptors (Lipinski definition) is 3. The van der Waals surface area contributed by atoms with E-state index in [-0.39, 0.29) is 5.91 Å². The molecule has 4 heteroatoms. The lowest BCUT2D eigenvalue weighted by Crippen LogP contribution is -2.29. The van der Waals surface area contributed by atoms with E-state index in [2.05, 4.69) is 17.1 Å². The molecule has 2 heterocycles. The van der Waals surface area contributed by atoms with Gasteiger partial charge in [0.2, 0.25) is 5.91 Å². The van der Waals surface area contributed by atoms with Gasteiger partial charge in [-0.2, -0.15) is 0 Å². The van der Waals surface area contributed by atoms with Gasteiger partial charge >= 0.3 is 0 Å². The van der Waals surface area contributed by atoms with Crippen molar-refractivity contribution in [1.82, 2.24) is 9.88 Å². The van der Waals surface area contributed by atoms with E-state index in [9.17, 15) is 4.79 Å². The molecule has 0 radical (unpaired) electrons. The molecule has 1 aliphatic rings. The van der Waals surface area contributed by atoms with E-state index < -0.39 is 0 Å². The van der Waals surface area contributed by atoms with Crippen molar-refractivity contribution in [3.8, 4) is 10.4 Å². The molecule has 1 amide bonds. The normalized spacial score (nSPS) is 14.8. The van der Waals surface area contributed by atoms with Crippen LogP contribution in [-0.2, 0) is 11.2 Å². The molecule has 0 spiro atoms. The second-order valence-electron chi connectivity index (χ2n) is 5.14. The third kappa shape index (κ3) is 2.75. The molecular weight excluding hydrogens is 268 g/mol. The zero-order valence-corrected chi connectivity index (χ0v) is 12.4. The van der Waals surface area contributed by atoms with Crippen molar-refractivity contribution >= 4 is 17.2 Å². The summed E-state index contributed by atoms with van der Waals surface area (Å²) in [6, 6.07) is 10.2.